The predicted molar refractivity (Wildman–Crippen MR) is 80.6 cm³/mol. The quantitative estimate of drug-likeness (QED) is 0.696. The van der Waals surface area contributed by atoms with Gasteiger partial charge in [0.25, 0.3) is 0 Å². The van der Waals surface area contributed by atoms with Gasteiger partial charge in [0.15, 0.2) is 5.78 Å². The van der Waals surface area contributed by atoms with Crippen molar-refractivity contribution in [3.8, 4) is 0 Å². The molecule has 0 spiro atoms. The van der Waals surface area contributed by atoms with E-state index in [1.807, 2.05) is 49.4 Å². The van der Waals surface area contributed by atoms with E-state index in [1.54, 1.807) is 6.20 Å². The first-order chi connectivity index (χ1) is 9.16. The second-order valence-corrected chi connectivity index (χ2v) is 5.41. The highest BCUT2D eigenvalue weighted by molar-refractivity contribution is 9.10. The van der Waals surface area contributed by atoms with Gasteiger partial charge in [-0.1, -0.05) is 51.8 Å². The van der Waals surface area contributed by atoms with E-state index in [9.17, 15) is 4.79 Å². The van der Waals surface area contributed by atoms with Gasteiger partial charge in [-0.05, 0) is 19.1 Å². The summed E-state index contributed by atoms with van der Waals surface area (Å²) in [7, 11) is 0. The summed E-state index contributed by atoms with van der Waals surface area (Å²) in [5.74, 6) is 0.0400. The molecule has 2 aromatic carbocycles. The molecule has 1 N–H and O–H groups in total. The Kier molecular flexibility index (Phi) is 2.99. The molecule has 0 aliphatic carbocycles. The summed E-state index contributed by atoms with van der Waals surface area (Å²) in [5.41, 5.74) is 3.52. The van der Waals surface area contributed by atoms with Crippen LogP contribution in [-0.4, -0.2) is 10.8 Å². The molecule has 94 valence electrons. The molecule has 0 amide bonds. The predicted octanol–water partition coefficient (Wildman–Crippen LogP) is 4.47. The number of aromatic nitrogens is 1. The van der Waals surface area contributed by atoms with Crippen LogP contribution in [0, 0.1) is 6.92 Å². The summed E-state index contributed by atoms with van der Waals surface area (Å²) in [5, 5.41) is 0.938. The number of nitrogens with one attached hydrogen (secondary N) is 1. The molecule has 0 bridgehead atoms. The maximum atomic E-state index is 12.5. The monoisotopic (exact) mass is 313 g/mol. The van der Waals surface area contributed by atoms with Crippen molar-refractivity contribution in [2.45, 2.75) is 6.92 Å². The average molecular weight is 314 g/mol. The van der Waals surface area contributed by atoms with Crippen molar-refractivity contribution in [3.05, 3.63) is 69.8 Å². The lowest BCUT2D eigenvalue weighted by atomic mass is 10.0. The number of carbonyl (C=O) groups excluding carboxylic acids is 1. The summed E-state index contributed by atoms with van der Waals surface area (Å²) < 4.78 is 0.932. The Balaban J connectivity index is 2.14. The second-order valence-electron chi connectivity index (χ2n) is 4.56. The Hall–Kier alpha value is -1.87. The van der Waals surface area contributed by atoms with Crippen molar-refractivity contribution >= 4 is 32.6 Å². The first kappa shape index (κ1) is 12.2. The van der Waals surface area contributed by atoms with Gasteiger partial charge in [-0.15, -0.1) is 0 Å². The molecular weight excluding hydrogens is 302 g/mol. The van der Waals surface area contributed by atoms with Crippen LogP contribution in [0.5, 0.6) is 0 Å². The van der Waals surface area contributed by atoms with Crippen LogP contribution >= 0.6 is 15.9 Å². The molecule has 0 aliphatic rings. The Morgan fingerprint density at radius 1 is 1.11 bits per heavy atom. The lowest BCUT2D eigenvalue weighted by Crippen LogP contribution is -2.00. The molecule has 3 aromatic rings. The number of aromatic amines is 1. The van der Waals surface area contributed by atoms with E-state index in [0.717, 1.165) is 20.9 Å². The average Bonchev–Trinajstić information content (AvgIpc) is 2.84. The largest absolute Gasteiger partial charge is 0.360 e. The van der Waals surface area contributed by atoms with Gasteiger partial charge in [0.2, 0.25) is 0 Å². The first-order valence-electron chi connectivity index (χ1n) is 6.04. The Morgan fingerprint density at radius 3 is 2.58 bits per heavy atom. The molecule has 19 heavy (non-hydrogen) atoms. The third-order valence-electron chi connectivity index (χ3n) is 3.21. The van der Waals surface area contributed by atoms with E-state index in [0.29, 0.717) is 11.1 Å². The minimum absolute atomic E-state index is 0.0400. The number of aryl methyl sites for hydroxylation is 1. The Labute approximate surface area is 119 Å². The van der Waals surface area contributed by atoms with Crippen molar-refractivity contribution in [2.24, 2.45) is 0 Å². The van der Waals surface area contributed by atoms with Gasteiger partial charge in [-0.3, -0.25) is 4.79 Å². The van der Waals surface area contributed by atoms with Crippen LogP contribution in [0.1, 0.15) is 21.5 Å². The molecular formula is C16H12BrNO. The van der Waals surface area contributed by atoms with Crippen molar-refractivity contribution in [2.75, 3.05) is 0 Å². The zero-order valence-electron chi connectivity index (χ0n) is 10.4. The fraction of sp³-hybridized carbons (Fsp3) is 0.0625. The summed E-state index contributed by atoms with van der Waals surface area (Å²) in [6, 6.07) is 13.5. The number of fused-ring (bicyclic) bond motifs is 1. The highest BCUT2D eigenvalue weighted by atomic mass is 79.9. The smallest absolute Gasteiger partial charge is 0.195 e. The van der Waals surface area contributed by atoms with Gasteiger partial charge in [0.1, 0.15) is 0 Å². The third-order valence-corrected chi connectivity index (χ3v) is 3.87. The van der Waals surface area contributed by atoms with Crippen molar-refractivity contribution in [1.82, 2.24) is 4.98 Å². The topological polar surface area (TPSA) is 32.9 Å². The SMILES string of the molecule is Cc1ccc(C(=O)c2c[nH]c3cccc(Br)c23)cc1. The highest BCUT2D eigenvalue weighted by Crippen LogP contribution is 2.28. The van der Waals surface area contributed by atoms with Crippen LogP contribution in [0.15, 0.2) is 53.1 Å². The van der Waals surface area contributed by atoms with Crippen molar-refractivity contribution in [1.29, 1.82) is 0 Å². The second kappa shape index (κ2) is 4.67. The number of benzene rings is 2. The number of hydrogen-bond acceptors (Lipinski definition) is 1. The zero-order chi connectivity index (χ0) is 13.4. The van der Waals surface area contributed by atoms with E-state index >= 15 is 0 Å². The molecule has 0 radical (unpaired) electrons. The van der Waals surface area contributed by atoms with Crippen molar-refractivity contribution < 1.29 is 4.79 Å². The highest BCUT2D eigenvalue weighted by Gasteiger charge is 2.15. The van der Waals surface area contributed by atoms with Gasteiger partial charge >= 0.3 is 0 Å². The van der Waals surface area contributed by atoms with Crippen LogP contribution < -0.4 is 0 Å². The van der Waals surface area contributed by atoms with Gasteiger partial charge in [0.05, 0.1) is 0 Å². The Morgan fingerprint density at radius 2 is 1.84 bits per heavy atom. The van der Waals surface area contributed by atoms with Crippen LogP contribution in [0.2, 0.25) is 0 Å². The van der Waals surface area contributed by atoms with Crippen LogP contribution in [-0.2, 0) is 0 Å². The molecule has 3 heteroatoms. The van der Waals surface area contributed by atoms with Gasteiger partial charge in [-0.25, -0.2) is 0 Å². The molecule has 0 aliphatic heterocycles. The number of hydrogen-bond donors (Lipinski definition) is 1. The third kappa shape index (κ3) is 2.10. The summed E-state index contributed by atoms with van der Waals surface area (Å²) in [6.07, 6.45) is 1.78. The van der Waals surface area contributed by atoms with Crippen LogP contribution in [0.3, 0.4) is 0 Å². The number of carbonyl (C=O) groups is 1. The number of halogens is 1. The lowest BCUT2D eigenvalue weighted by molar-refractivity contribution is 0.104. The van der Waals surface area contributed by atoms with Gasteiger partial charge in [0, 0.05) is 32.7 Å². The standard InChI is InChI=1S/C16H12BrNO/c1-10-5-7-11(8-6-10)16(19)12-9-18-14-4-2-3-13(17)15(12)14/h2-9,18H,1H3. The van der Waals surface area contributed by atoms with E-state index in [2.05, 4.69) is 20.9 Å². The molecule has 0 saturated heterocycles. The van der Waals surface area contributed by atoms with E-state index in [1.165, 1.54) is 0 Å². The molecule has 1 aromatic heterocycles. The zero-order valence-corrected chi connectivity index (χ0v) is 12.0. The van der Waals surface area contributed by atoms with E-state index in [-0.39, 0.29) is 5.78 Å². The molecule has 0 saturated carbocycles. The lowest BCUT2D eigenvalue weighted by Gasteiger charge is -2.02. The normalized spacial score (nSPS) is 10.8. The fourth-order valence-electron chi connectivity index (χ4n) is 2.18. The number of H-pyrrole nitrogens is 1. The number of ketones is 1. The molecule has 2 nitrogen and oxygen atoms in total. The molecule has 3 rings (SSSR count). The summed E-state index contributed by atoms with van der Waals surface area (Å²) in [6.45, 7) is 2.01. The summed E-state index contributed by atoms with van der Waals surface area (Å²) >= 11 is 3.51. The maximum Gasteiger partial charge on any atom is 0.195 e. The molecule has 1 heterocycles. The first-order valence-corrected chi connectivity index (χ1v) is 6.83. The minimum Gasteiger partial charge on any atom is -0.360 e. The number of rotatable bonds is 2. The molecule has 0 unspecified atom stereocenters. The van der Waals surface area contributed by atoms with Crippen molar-refractivity contribution in [3.63, 3.8) is 0 Å². The maximum absolute atomic E-state index is 12.5. The summed E-state index contributed by atoms with van der Waals surface area (Å²) in [4.78, 5) is 15.7. The molecule has 0 fully saturated rings. The van der Waals surface area contributed by atoms with E-state index < -0.39 is 0 Å². The molecule has 0 atom stereocenters. The fourth-order valence-corrected chi connectivity index (χ4v) is 2.76. The van der Waals surface area contributed by atoms with Crippen LogP contribution in [0.4, 0.5) is 0 Å². The minimum atomic E-state index is 0.0400. The van der Waals surface area contributed by atoms with Gasteiger partial charge < -0.3 is 4.98 Å². The van der Waals surface area contributed by atoms with E-state index in [4.69, 9.17) is 0 Å². The van der Waals surface area contributed by atoms with Gasteiger partial charge in [-0.2, -0.15) is 0 Å². The van der Waals surface area contributed by atoms with Crippen LogP contribution in [0.25, 0.3) is 10.9 Å². The Bertz CT molecular complexity index is 756.